The van der Waals surface area contributed by atoms with Crippen LogP contribution in [0, 0.1) is 5.92 Å². The number of rotatable bonds is 7. The van der Waals surface area contributed by atoms with Gasteiger partial charge in [-0.25, -0.2) is 0 Å². The number of carbonyl (C=O) groups excluding carboxylic acids is 1. The first-order valence-electron chi connectivity index (χ1n) is 6.55. The molecule has 1 unspecified atom stereocenters. The van der Waals surface area contributed by atoms with Crippen molar-refractivity contribution >= 4 is 11.9 Å². The zero-order valence-corrected chi connectivity index (χ0v) is 11.6. The zero-order valence-electron chi connectivity index (χ0n) is 11.6. The van der Waals surface area contributed by atoms with E-state index in [0.717, 1.165) is 12.8 Å². The molecule has 19 heavy (non-hydrogen) atoms. The second-order valence-electron chi connectivity index (χ2n) is 5.37. The Labute approximate surface area is 113 Å². The maximum atomic E-state index is 12.0. The Morgan fingerprint density at radius 3 is 2.58 bits per heavy atom. The van der Waals surface area contributed by atoms with Crippen molar-refractivity contribution < 1.29 is 24.2 Å². The Bertz CT molecular complexity index is 314. The molecule has 1 heterocycles. The molecule has 1 aliphatic rings. The quantitative estimate of drug-likeness (QED) is 0.716. The van der Waals surface area contributed by atoms with Crippen LogP contribution in [0.3, 0.4) is 0 Å². The molecule has 0 bridgehead atoms. The Morgan fingerprint density at radius 2 is 2.05 bits per heavy atom. The summed E-state index contributed by atoms with van der Waals surface area (Å²) in [6.45, 7) is 3.26. The number of nitrogens with one attached hydrogen (secondary N) is 1. The highest BCUT2D eigenvalue weighted by molar-refractivity contribution is 5.78. The summed E-state index contributed by atoms with van der Waals surface area (Å²) in [5.74, 6) is -0.746. The van der Waals surface area contributed by atoms with Gasteiger partial charge >= 0.3 is 5.97 Å². The first-order valence-corrected chi connectivity index (χ1v) is 6.55. The summed E-state index contributed by atoms with van der Waals surface area (Å²) >= 11 is 0. The molecule has 6 heteroatoms. The van der Waals surface area contributed by atoms with Gasteiger partial charge in [-0.2, -0.15) is 0 Å². The number of hydrogen-bond donors (Lipinski definition) is 2. The number of hydrogen-bond acceptors (Lipinski definition) is 4. The van der Waals surface area contributed by atoms with Gasteiger partial charge in [0.15, 0.2) is 0 Å². The van der Waals surface area contributed by atoms with Gasteiger partial charge in [0.2, 0.25) is 5.91 Å². The Kier molecular flexibility index (Phi) is 6.24. The van der Waals surface area contributed by atoms with Crippen LogP contribution in [0.25, 0.3) is 0 Å². The van der Waals surface area contributed by atoms with E-state index in [1.165, 1.54) is 7.11 Å². The second kappa shape index (κ2) is 7.45. The summed E-state index contributed by atoms with van der Waals surface area (Å²) in [5, 5.41) is 11.7. The number of carboxylic acid groups (broad SMARTS) is 1. The first-order chi connectivity index (χ1) is 8.95. The van der Waals surface area contributed by atoms with Gasteiger partial charge in [-0.1, -0.05) is 0 Å². The predicted octanol–water partition coefficient (Wildman–Crippen LogP) is 0.799. The highest BCUT2D eigenvalue weighted by Gasteiger charge is 2.30. The molecular formula is C13H23NO5. The highest BCUT2D eigenvalue weighted by Crippen LogP contribution is 2.19. The minimum Gasteiger partial charge on any atom is -0.481 e. The number of amides is 1. The van der Waals surface area contributed by atoms with Crippen molar-refractivity contribution in [3.63, 3.8) is 0 Å². The van der Waals surface area contributed by atoms with E-state index in [1.807, 2.05) is 0 Å². The molecular weight excluding hydrogens is 250 g/mol. The topological polar surface area (TPSA) is 84.9 Å². The van der Waals surface area contributed by atoms with Crippen molar-refractivity contribution in [2.24, 2.45) is 5.92 Å². The molecule has 0 radical (unpaired) electrons. The van der Waals surface area contributed by atoms with Crippen LogP contribution < -0.4 is 5.32 Å². The highest BCUT2D eigenvalue weighted by atomic mass is 16.5. The normalized spacial score (nSPS) is 19.7. The van der Waals surface area contributed by atoms with E-state index in [9.17, 15) is 9.59 Å². The van der Waals surface area contributed by atoms with Crippen LogP contribution in [0.5, 0.6) is 0 Å². The first kappa shape index (κ1) is 15.9. The molecule has 110 valence electrons. The lowest BCUT2D eigenvalue weighted by atomic mass is 9.94. The van der Waals surface area contributed by atoms with Crippen molar-refractivity contribution in [3.05, 3.63) is 0 Å². The van der Waals surface area contributed by atoms with Crippen molar-refractivity contribution in [2.45, 2.75) is 38.1 Å². The summed E-state index contributed by atoms with van der Waals surface area (Å²) in [7, 11) is 1.49. The molecule has 0 saturated carbocycles. The van der Waals surface area contributed by atoms with E-state index in [1.54, 1.807) is 6.92 Å². The molecule has 0 aromatic heterocycles. The van der Waals surface area contributed by atoms with Gasteiger partial charge < -0.3 is 19.9 Å². The maximum Gasteiger partial charge on any atom is 0.305 e. The minimum atomic E-state index is -0.953. The molecule has 0 aliphatic carbocycles. The largest absolute Gasteiger partial charge is 0.481 e. The Balaban J connectivity index is 2.47. The van der Waals surface area contributed by atoms with E-state index in [2.05, 4.69) is 5.32 Å². The number of aliphatic carboxylic acids is 1. The van der Waals surface area contributed by atoms with Gasteiger partial charge in [-0.3, -0.25) is 9.59 Å². The van der Waals surface area contributed by atoms with Crippen molar-refractivity contribution in [2.75, 3.05) is 26.9 Å². The summed E-state index contributed by atoms with van der Waals surface area (Å²) in [6, 6.07) is 0. The summed E-state index contributed by atoms with van der Waals surface area (Å²) in [6.07, 6.45) is 2.03. The van der Waals surface area contributed by atoms with Crippen molar-refractivity contribution in [1.82, 2.24) is 5.32 Å². The van der Waals surface area contributed by atoms with E-state index >= 15 is 0 Å². The lowest BCUT2D eigenvalue weighted by molar-refractivity contribution is -0.139. The van der Waals surface area contributed by atoms with Crippen molar-refractivity contribution in [1.29, 1.82) is 0 Å². The fourth-order valence-corrected chi connectivity index (χ4v) is 2.38. The molecule has 0 spiro atoms. The number of ether oxygens (including phenoxy) is 2. The van der Waals surface area contributed by atoms with Gasteiger partial charge in [0, 0.05) is 26.7 Å². The second-order valence-corrected chi connectivity index (χ2v) is 5.37. The Hall–Kier alpha value is -1.14. The van der Waals surface area contributed by atoms with Crippen LogP contribution in [-0.4, -0.2) is 49.5 Å². The number of carboxylic acids is 1. The summed E-state index contributed by atoms with van der Waals surface area (Å²) < 4.78 is 10.2. The zero-order chi connectivity index (χ0) is 14.3. The minimum absolute atomic E-state index is 0.118. The smallest absolute Gasteiger partial charge is 0.305 e. The van der Waals surface area contributed by atoms with E-state index < -0.39 is 11.5 Å². The fourth-order valence-electron chi connectivity index (χ4n) is 2.38. The molecule has 1 amide bonds. The molecule has 1 rings (SSSR count). The van der Waals surface area contributed by atoms with Gasteiger partial charge in [-0.05, 0) is 25.7 Å². The molecule has 1 aliphatic heterocycles. The van der Waals surface area contributed by atoms with Crippen LogP contribution in [0.4, 0.5) is 0 Å². The number of carbonyl (C=O) groups is 2. The van der Waals surface area contributed by atoms with Crippen LogP contribution in [0.15, 0.2) is 0 Å². The van der Waals surface area contributed by atoms with Gasteiger partial charge in [-0.15, -0.1) is 0 Å². The predicted molar refractivity (Wildman–Crippen MR) is 68.8 cm³/mol. The standard InChI is InChI=1S/C13H23NO5/c1-13(9-18-2,8-12(16)17)14-11(15)7-10-3-5-19-6-4-10/h10H,3-9H2,1-2H3,(H,14,15)(H,16,17). The molecule has 1 saturated heterocycles. The SMILES string of the molecule is COCC(C)(CC(=O)O)NC(=O)CC1CCOCC1. The average molecular weight is 273 g/mol. The third-order valence-corrected chi connectivity index (χ3v) is 3.26. The van der Waals surface area contributed by atoms with E-state index in [4.69, 9.17) is 14.6 Å². The van der Waals surface area contributed by atoms with Gasteiger partial charge in [0.1, 0.15) is 0 Å². The molecule has 2 N–H and O–H groups in total. The van der Waals surface area contributed by atoms with Gasteiger partial charge in [0.05, 0.1) is 18.6 Å². The van der Waals surface area contributed by atoms with Crippen LogP contribution in [-0.2, 0) is 19.1 Å². The van der Waals surface area contributed by atoms with Crippen molar-refractivity contribution in [3.8, 4) is 0 Å². The van der Waals surface area contributed by atoms with Crippen LogP contribution in [0.2, 0.25) is 0 Å². The summed E-state index contributed by atoms with van der Waals surface area (Å²) in [5.41, 5.74) is -0.858. The third kappa shape index (κ3) is 6.02. The maximum absolute atomic E-state index is 12.0. The lowest BCUT2D eigenvalue weighted by Crippen LogP contribution is -2.51. The molecule has 1 atom stereocenters. The lowest BCUT2D eigenvalue weighted by Gasteiger charge is -2.30. The molecule has 0 aromatic carbocycles. The van der Waals surface area contributed by atoms with Crippen LogP contribution >= 0.6 is 0 Å². The third-order valence-electron chi connectivity index (χ3n) is 3.26. The molecule has 0 aromatic rings. The fraction of sp³-hybridized carbons (Fsp3) is 0.846. The monoisotopic (exact) mass is 273 g/mol. The Morgan fingerprint density at radius 1 is 1.42 bits per heavy atom. The molecule has 1 fully saturated rings. The van der Waals surface area contributed by atoms with E-state index in [0.29, 0.717) is 25.6 Å². The van der Waals surface area contributed by atoms with Crippen LogP contribution in [0.1, 0.15) is 32.6 Å². The van der Waals surface area contributed by atoms with E-state index in [-0.39, 0.29) is 18.9 Å². The van der Waals surface area contributed by atoms with Gasteiger partial charge in [0.25, 0.3) is 0 Å². The molecule has 6 nitrogen and oxygen atoms in total. The average Bonchev–Trinajstić information content (AvgIpc) is 2.28. The number of methoxy groups -OCH3 is 1. The summed E-state index contributed by atoms with van der Waals surface area (Å²) in [4.78, 5) is 22.8.